The molecule has 1 aromatic rings. The second-order valence-corrected chi connectivity index (χ2v) is 5.09. The van der Waals surface area contributed by atoms with Gasteiger partial charge >= 0.3 is 0 Å². The molecule has 0 bridgehead atoms. The first-order valence-corrected chi connectivity index (χ1v) is 6.63. The van der Waals surface area contributed by atoms with Gasteiger partial charge in [0.2, 0.25) is 5.91 Å². The minimum atomic E-state index is -0.221. The van der Waals surface area contributed by atoms with Crippen molar-refractivity contribution in [2.24, 2.45) is 5.92 Å². The molecule has 0 saturated carbocycles. The zero-order valence-corrected chi connectivity index (χ0v) is 11.2. The van der Waals surface area contributed by atoms with E-state index in [1.807, 2.05) is 31.1 Å². The molecule has 1 amide bonds. The number of likely N-dealkylation sites (N-methyl/N-ethyl adjacent to an activating group) is 1. The molecule has 2 heterocycles. The van der Waals surface area contributed by atoms with E-state index >= 15 is 0 Å². The first kappa shape index (κ1) is 13.1. The molecular weight excluding hydrogens is 228 g/mol. The lowest BCUT2D eigenvalue weighted by Crippen LogP contribution is -2.41. The van der Waals surface area contributed by atoms with E-state index in [0.29, 0.717) is 5.92 Å². The number of carbonyl (C=O) groups excluding carboxylic acids is 1. The van der Waals surface area contributed by atoms with Crippen molar-refractivity contribution >= 4 is 5.91 Å². The van der Waals surface area contributed by atoms with Crippen molar-refractivity contribution < 1.29 is 4.79 Å². The molecule has 1 fully saturated rings. The van der Waals surface area contributed by atoms with Gasteiger partial charge in [0.25, 0.3) is 0 Å². The second kappa shape index (κ2) is 6.00. The lowest BCUT2D eigenvalue weighted by atomic mass is 9.99. The highest BCUT2D eigenvalue weighted by Crippen LogP contribution is 2.14. The van der Waals surface area contributed by atoms with Crippen LogP contribution < -0.4 is 5.32 Å². The Kier molecular flexibility index (Phi) is 4.36. The Bertz CT molecular complexity index is 370. The fourth-order valence-corrected chi connectivity index (χ4v) is 2.50. The number of carbonyl (C=O) groups is 1. The van der Waals surface area contributed by atoms with Crippen LogP contribution in [0.4, 0.5) is 0 Å². The summed E-state index contributed by atoms with van der Waals surface area (Å²) in [6, 6.07) is 1.62. The third kappa shape index (κ3) is 3.10. The molecule has 5 heteroatoms. The molecular formula is C13H22N4O. The highest BCUT2D eigenvalue weighted by atomic mass is 16.2. The first-order valence-electron chi connectivity index (χ1n) is 6.63. The van der Waals surface area contributed by atoms with Crippen LogP contribution >= 0.6 is 0 Å². The molecule has 1 saturated heterocycles. The van der Waals surface area contributed by atoms with Gasteiger partial charge in [-0.05, 0) is 44.8 Å². The van der Waals surface area contributed by atoms with Crippen molar-refractivity contribution in [1.29, 1.82) is 0 Å². The van der Waals surface area contributed by atoms with E-state index in [1.54, 1.807) is 10.9 Å². The summed E-state index contributed by atoms with van der Waals surface area (Å²) in [5.74, 6) is 0.710. The summed E-state index contributed by atoms with van der Waals surface area (Å²) in [6.45, 7) is 4.86. The monoisotopic (exact) mass is 250 g/mol. The summed E-state index contributed by atoms with van der Waals surface area (Å²) in [5.41, 5.74) is 0. The van der Waals surface area contributed by atoms with Crippen LogP contribution in [0.2, 0.25) is 0 Å². The zero-order valence-electron chi connectivity index (χ0n) is 11.2. The van der Waals surface area contributed by atoms with Gasteiger partial charge in [-0.2, -0.15) is 5.10 Å². The number of nitrogens with one attached hydrogen (secondary N) is 1. The third-order valence-electron chi connectivity index (χ3n) is 3.59. The molecule has 1 N–H and O–H groups in total. The number of nitrogens with zero attached hydrogens (tertiary/aromatic N) is 3. The Morgan fingerprint density at radius 3 is 3.11 bits per heavy atom. The fraction of sp³-hybridized carbons (Fsp3) is 0.692. The Morgan fingerprint density at radius 2 is 2.50 bits per heavy atom. The number of piperidine rings is 1. The largest absolute Gasteiger partial charge is 0.344 e. The first-order chi connectivity index (χ1) is 8.68. The van der Waals surface area contributed by atoms with E-state index in [-0.39, 0.29) is 11.9 Å². The maximum absolute atomic E-state index is 12.3. The van der Waals surface area contributed by atoms with Gasteiger partial charge in [0.05, 0.1) is 0 Å². The van der Waals surface area contributed by atoms with Crippen LogP contribution in [0, 0.1) is 5.92 Å². The zero-order chi connectivity index (χ0) is 13.0. The van der Waals surface area contributed by atoms with Gasteiger partial charge in [0.1, 0.15) is 6.04 Å². The van der Waals surface area contributed by atoms with Crippen LogP contribution in [0.5, 0.6) is 0 Å². The lowest BCUT2D eigenvalue weighted by Gasteiger charge is -2.29. The summed E-state index contributed by atoms with van der Waals surface area (Å²) in [4.78, 5) is 14.1. The van der Waals surface area contributed by atoms with Crippen LogP contribution in [0.1, 0.15) is 25.8 Å². The smallest absolute Gasteiger partial charge is 0.246 e. The third-order valence-corrected chi connectivity index (χ3v) is 3.59. The number of hydrogen-bond donors (Lipinski definition) is 1. The molecule has 100 valence electrons. The van der Waals surface area contributed by atoms with Crippen LogP contribution in [-0.2, 0) is 4.79 Å². The fourth-order valence-electron chi connectivity index (χ4n) is 2.50. The molecule has 1 aliphatic heterocycles. The van der Waals surface area contributed by atoms with Gasteiger partial charge in [-0.25, -0.2) is 0 Å². The van der Waals surface area contributed by atoms with Crippen LogP contribution in [0.25, 0.3) is 0 Å². The number of aromatic nitrogens is 2. The maximum Gasteiger partial charge on any atom is 0.246 e. The maximum atomic E-state index is 12.3. The number of rotatable bonds is 4. The van der Waals surface area contributed by atoms with Crippen LogP contribution in [0.3, 0.4) is 0 Å². The van der Waals surface area contributed by atoms with E-state index in [9.17, 15) is 4.79 Å². The molecule has 18 heavy (non-hydrogen) atoms. The van der Waals surface area contributed by atoms with Crippen molar-refractivity contribution in [2.75, 3.05) is 26.7 Å². The van der Waals surface area contributed by atoms with E-state index in [4.69, 9.17) is 0 Å². The summed E-state index contributed by atoms with van der Waals surface area (Å²) in [6.07, 6.45) is 5.95. The second-order valence-electron chi connectivity index (χ2n) is 5.09. The Morgan fingerprint density at radius 1 is 1.67 bits per heavy atom. The molecule has 0 radical (unpaired) electrons. The minimum Gasteiger partial charge on any atom is -0.344 e. The molecule has 2 atom stereocenters. The molecule has 1 aliphatic rings. The minimum absolute atomic E-state index is 0.129. The SMILES string of the molecule is CC(C(=O)N(C)CC1CCCNC1)n1cccn1. The topological polar surface area (TPSA) is 50.2 Å². The molecule has 0 spiro atoms. The highest BCUT2D eigenvalue weighted by molar-refractivity contribution is 5.79. The Labute approximate surface area is 108 Å². The molecule has 0 aliphatic carbocycles. The molecule has 5 nitrogen and oxygen atoms in total. The van der Waals surface area contributed by atoms with E-state index in [1.165, 1.54) is 12.8 Å². The predicted octanol–water partition coefficient (Wildman–Crippen LogP) is 0.902. The van der Waals surface area contributed by atoms with Crippen molar-refractivity contribution in [1.82, 2.24) is 20.0 Å². The van der Waals surface area contributed by atoms with E-state index in [2.05, 4.69) is 10.4 Å². The van der Waals surface area contributed by atoms with Gasteiger partial charge in [0, 0.05) is 26.0 Å². The quantitative estimate of drug-likeness (QED) is 0.864. The average Bonchev–Trinajstić information content (AvgIpc) is 2.92. The van der Waals surface area contributed by atoms with Crippen LogP contribution in [-0.4, -0.2) is 47.3 Å². The Hall–Kier alpha value is -1.36. The predicted molar refractivity (Wildman–Crippen MR) is 70.2 cm³/mol. The summed E-state index contributed by atoms with van der Waals surface area (Å²) >= 11 is 0. The summed E-state index contributed by atoms with van der Waals surface area (Å²) < 4.78 is 1.71. The number of amides is 1. The van der Waals surface area contributed by atoms with Gasteiger partial charge in [-0.1, -0.05) is 0 Å². The normalized spacial score (nSPS) is 21.6. The highest BCUT2D eigenvalue weighted by Gasteiger charge is 2.22. The van der Waals surface area contributed by atoms with E-state index in [0.717, 1.165) is 19.6 Å². The van der Waals surface area contributed by atoms with Crippen molar-refractivity contribution in [3.63, 3.8) is 0 Å². The average molecular weight is 250 g/mol. The summed E-state index contributed by atoms with van der Waals surface area (Å²) in [7, 11) is 1.89. The Balaban J connectivity index is 1.87. The summed E-state index contributed by atoms with van der Waals surface area (Å²) in [5, 5.41) is 7.50. The van der Waals surface area contributed by atoms with Crippen LogP contribution in [0.15, 0.2) is 18.5 Å². The molecule has 0 aromatic carbocycles. The molecule has 1 aromatic heterocycles. The number of hydrogen-bond acceptors (Lipinski definition) is 3. The van der Waals surface area contributed by atoms with Crippen molar-refractivity contribution in [3.05, 3.63) is 18.5 Å². The van der Waals surface area contributed by atoms with Gasteiger partial charge in [-0.15, -0.1) is 0 Å². The van der Waals surface area contributed by atoms with Crippen molar-refractivity contribution in [2.45, 2.75) is 25.8 Å². The standard InChI is InChI=1S/C13H22N4O/c1-11(17-8-4-7-15-17)13(18)16(2)10-12-5-3-6-14-9-12/h4,7-8,11-12,14H,3,5-6,9-10H2,1-2H3. The van der Waals surface area contributed by atoms with Crippen molar-refractivity contribution in [3.8, 4) is 0 Å². The lowest BCUT2D eigenvalue weighted by molar-refractivity contribution is -0.133. The molecule has 2 rings (SSSR count). The molecule has 2 unspecified atom stereocenters. The van der Waals surface area contributed by atoms with Gasteiger partial charge in [-0.3, -0.25) is 9.48 Å². The van der Waals surface area contributed by atoms with E-state index < -0.39 is 0 Å². The van der Waals surface area contributed by atoms with Gasteiger partial charge < -0.3 is 10.2 Å². The van der Waals surface area contributed by atoms with Gasteiger partial charge in [0.15, 0.2) is 0 Å².